The smallest absolute Gasteiger partial charge is 0.437 e. The van der Waals surface area contributed by atoms with Crippen molar-refractivity contribution >= 4 is 44.7 Å². The number of aromatic nitrogens is 1. The molecule has 0 bridgehead atoms. The van der Waals surface area contributed by atoms with Crippen LogP contribution < -0.4 is 24.8 Å². The van der Waals surface area contributed by atoms with Gasteiger partial charge < -0.3 is 30.1 Å². The number of sulfonamides is 1. The van der Waals surface area contributed by atoms with Crippen molar-refractivity contribution < 1.29 is 59.7 Å². The minimum absolute atomic E-state index is 0.00424. The van der Waals surface area contributed by atoms with Crippen LogP contribution in [-0.4, -0.2) is 88.8 Å². The van der Waals surface area contributed by atoms with Gasteiger partial charge in [-0.05, 0) is 63.6 Å². The Labute approximate surface area is 319 Å². The number of carbonyl (C=O) groups excluding carboxylic acids is 3. The molecule has 304 valence electrons. The molecular weight excluding hydrogens is 766 g/mol. The molecule has 0 radical (unpaired) electrons. The number of benzene rings is 1. The molecule has 3 aliphatic heterocycles. The van der Waals surface area contributed by atoms with E-state index in [-0.39, 0.29) is 29.5 Å². The van der Waals surface area contributed by atoms with E-state index in [0.29, 0.717) is 38.5 Å². The fourth-order valence-corrected chi connectivity index (χ4v) is 9.70. The van der Waals surface area contributed by atoms with E-state index >= 15 is 4.39 Å². The molecular formula is C37H43F4N5O9S. The average molecular weight is 810 g/mol. The first-order valence-electron chi connectivity index (χ1n) is 18.5. The number of hydrogen-bond donors (Lipinski definition) is 4. The van der Waals surface area contributed by atoms with E-state index in [2.05, 4.69) is 20.3 Å². The fourth-order valence-electron chi connectivity index (χ4n) is 8.39. The number of pyridine rings is 1. The second-order valence-corrected chi connectivity index (χ2v) is 18.0. The van der Waals surface area contributed by atoms with Crippen LogP contribution in [-0.2, 0) is 30.6 Å². The molecule has 4 N–H and O–H groups in total. The maximum Gasteiger partial charge on any atom is 0.437 e. The number of methoxy groups -OCH3 is 1. The number of nitrogens with zero attached hydrogens (tertiary/aromatic N) is 2. The molecule has 3 fully saturated rings. The van der Waals surface area contributed by atoms with Crippen LogP contribution in [0.25, 0.3) is 10.9 Å². The summed E-state index contributed by atoms with van der Waals surface area (Å²) >= 11 is 0. The van der Waals surface area contributed by atoms with E-state index in [9.17, 15) is 45.9 Å². The van der Waals surface area contributed by atoms with Crippen LogP contribution in [0.3, 0.4) is 0 Å². The van der Waals surface area contributed by atoms with Crippen molar-refractivity contribution in [1.29, 1.82) is 0 Å². The Kier molecular flexibility index (Phi) is 9.72. The summed E-state index contributed by atoms with van der Waals surface area (Å²) in [6.45, 7) is 2.26. The van der Waals surface area contributed by atoms with Crippen LogP contribution in [0.2, 0.25) is 0 Å². The van der Waals surface area contributed by atoms with E-state index in [1.807, 2.05) is 0 Å². The number of carboxylic acid groups (broad SMARTS) is 1. The van der Waals surface area contributed by atoms with Gasteiger partial charge in [-0.1, -0.05) is 31.9 Å². The maximum absolute atomic E-state index is 16.8. The van der Waals surface area contributed by atoms with Crippen LogP contribution >= 0.6 is 0 Å². The lowest BCUT2D eigenvalue weighted by molar-refractivity contribution is -0.145. The van der Waals surface area contributed by atoms with Crippen molar-refractivity contribution in [2.45, 2.75) is 112 Å². The Morgan fingerprint density at radius 1 is 1.14 bits per heavy atom. The van der Waals surface area contributed by atoms with Gasteiger partial charge in [0.2, 0.25) is 21.8 Å². The third-order valence-electron chi connectivity index (χ3n) is 12.2. The third-order valence-corrected chi connectivity index (χ3v) is 14.3. The molecule has 19 heteroatoms. The minimum atomic E-state index is -5.13. The van der Waals surface area contributed by atoms with Crippen molar-refractivity contribution in [3.63, 3.8) is 0 Å². The van der Waals surface area contributed by atoms with Gasteiger partial charge in [-0.15, -0.1) is 0 Å². The van der Waals surface area contributed by atoms with Crippen LogP contribution in [0.1, 0.15) is 89.1 Å². The predicted octanol–water partition coefficient (Wildman–Crippen LogP) is 4.67. The van der Waals surface area contributed by atoms with Gasteiger partial charge in [-0.3, -0.25) is 19.1 Å². The van der Waals surface area contributed by atoms with Gasteiger partial charge in [0.25, 0.3) is 5.91 Å². The number of alkyl halides is 4. The lowest BCUT2D eigenvalue weighted by Gasteiger charge is -2.41. The average Bonchev–Trinajstić information content (AvgIpc) is 4.02. The molecule has 56 heavy (non-hydrogen) atoms. The number of carbonyl (C=O) groups is 4. The molecule has 2 aliphatic carbocycles. The lowest BCUT2D eigenvalue weighted by Crippen LogP contribution is -2.59. The molecule has 7 atom stereocenters. The number of ether oxygens (including phenoxy) is 2. The number of hydrogen-bond acceptors (Lipinski definition) is 9. The Hall–Kier alpha value is -4.68. The van der Waals surface area contributed by atoms with Crippen LogP contribution in [0.5, 0.6) is 11.5 Å². The van der Waals surface area contributed by atoms with Gasteiger partial charge in [0.15, 0.2) is 11.4 Å². The molecule has 14 nitrogen and oxygen atoms in total. The number of fused-ring (bicyclic) bond motifs is 5. The standard InChI is InChI=1S/C37H43F4N5O9S/c1-19-27-30(47)44-36(32(49)45-56(52,53)34(2)13-14-34)16-20(36)9-7-5-4-6-8-10-25(43-33(50)51)31(48)46(27)18-35(19)17-23(38)26-22-15-21(54-3)11-12-24(22)42-29(28(26)55-35)37(39,40)41/h7,9,11-12,15,19-20,23,25,27,43H,4-6,8,10,13-14,16-18H2,1-3H3,(H,44,47)(H,45,49)(H,50,51)/b9-7-/t19?,20-,23+,25+,27+,35-,36-/m1/s1. The number of nitrogens with one attached hydrogen (secondary N) is 3. The zero-order valence-electron chi connectivity index (χ0n) is 30.9. The van der Waals surface area contributed by atoms with Crippen LogP contribution in [0.4, 0.5) is 22.4 Å². The molecule has 4 heterocycles. The van der Waals surface area contributed by atoms with E-state index in [4.69, 9.17) is 9.47 Å². The van der Waals surface area contributed by atoms with Crippen molar-refractivity contribution in [1.82, 2.24) is 25.2 Å². The van der Waals surface area contributed by atoms with E-state index < -0.39 is 116 Å². The van der Waals surface area contributed by atoms with Crippen molar-refractivity contribution in [2.75, 3.05) is 13.7 Å². The molecule has 1 aromatic heterocycles. The number of amides is 4. The van der Waals surface area contributed by atoms with E-state index in [0.717, 1.165) is 4.90 Å². The first-order valence-corrected chi connectivity index (χ1v) is 20.0. The van der Waals surface area contributed by atoms with Crippen molar-refractivity contribution in [2.24, 2.45) is 11.8 Å². The molecule has 1 spiro atoms. The molecule has 5 aliphatic rings. The molecule has 1 unspecified atom stereocenters. The zero-order chi connectivity index (χ0) is 40.6. The highest BCUT2D eigenvalue weighted by Crippen LogP contribution is 2.55. The monoisotopic (exact) mass is 809 g/mol. The summed E-state index contributed by atoms with van der Waals surface area (Å²) < 4.78 is 99.6. The van der Waals surface area contributed by atoms with Gasteiger partial charge >= 0.3 is 12.3 Å². The Bertz CT molecular complexity index is 2130. The maximum atomic E-state index is 16.8. The van der Waals surface area contributed by atoms with Gasteiger partial charge in [-0.25, -0.2) is 22.6 Å². The van der Waals surface area contributed by atoms with Crippen molar-refractivity contribution in [3.8, 4) is 11.5 Å². The summed E-state index contributed by atoms with van der Waals surface area (Å²) in [6, 6.07) is 0.949. The number of rotatable bonds is 5. The van der Waals surface area contributed by atoms with Crippen molar-refractivity contribution in [3.05, 3.63) is 41.6 Å². The predicted molar refractivity (Wildman–Crippen MR) is 191 cm³/mol. The second-order valence-electron chi connectivity index (χ2n) is 15.8. The molecule has 4 amide bonds. The minimum Gasteiger partial charge on any atom is -0.497 e. The first-order chi connectivity index (χ1) is 26.3. The number of halogens is 4. The van der Waals surface area contributed by atoms with Gasteiger partial charge in [-0.2, -0.15) is 13.2 Å². The summed E-state index contributed by atoms with van der Waals surface area (Å²) in [5, 5.41) is 14.6. The molecule has 1 aromatic carbocycles. The Balaban J connectivity index is 1.32. The highest BCUT2D eigenvalue weighted by atomic mass is 32.2. The molecule has 2 saturated carbocycles. The summed E-state index contributed by atoms with van der Waals surface area (Å²) in [5.74, 6) is -5.47. The SMILES string of the molecule is COc1ccc2nc(C(F)(F)F)c3c(c2c1)[C@@H](F)C[C@]1(CN2C(=O)[C@@H](NC(=O)O)CCCCC/C=C\[C@@H]4C[C@@]4(C(=O)NS(=O)(=O)C4(C)CC4)NC(=O)[C@@H]2C1C)O3. The highest BCUT2D eigenvalue weighted by molar-refractivity contribution is 7.91. The zero-order valence-corrected chi connectivity index (χ0v) is 31.7. The third kappa shape index (κ3) is 6.78. The van der Waals surface area contributed by atoms with E-state index in [1.54, 1.807) is 12.2 Å². The summed E-state index contributed by atoms with van der Waals surface area (Å²) in [5.41, 5.74) is -5.88. The first kappa shape index (κ1) is 39.6. The Morgan fingerprint density at radius 2 is 1.88 bits per heavy atom. The highest BCUT2D eigenvalue weighted by Gasteiger charge is 2.66. The van der Waals surface area contributed by atoms with E-state index in [1.165, 1.54) is 39.2 Å². The molecule has 1 saturated heterocycles. The number of allylic oxidation sites excluding steroid dienone is 1. The van der Waals surface area contributed by atoms with Gasteiger partial charge in [0, 0.05) is 29.2 Å². The van der Waals surface area contributed by atoms with Gasteiger partial charge in [0.1, 0.15) is 35.1 Å². The summed E-state index contributed by atoms with van der Waals surface area (Å²) in [7, 11) is -2.82. The van der Waals surface area contributed by atoms with Crippen LogP contribution in [0, 0.1) is 11.8 Å². The molecule has 7 rings (SSSR count). The molecule has 2 aromatic rings. The fraction of sp³-hybridized carbons (Fsp3) is 0.595. The lowest BCUT2D eigenvalue weighted by atomic mass is 9.79. The summed E-state index contributed by atoms with van der Waals surface area (Å²) in [4.78, 5) is 59.6. The Morgan fingerprint density at radius 3 is 2.54 bits per heavy atom. The van der Waals surface area contributed by atoms with Gasteiger partial charge in [0.05, 0.1) is 23.9 Å². The van der Waals surface area contributed by atoms with Crippen LogP contribution in [0.15, 0.2) is 30.4 Å². The normalized spacial score (nSPS) is 32.1. The topological polar surface area (TPSA) is 193 Å². The second kappa shape index (κ2) is 13.8. The largest absolute Gasteiger partial charge is 0.497 e. The quantitative estimate of drug-likeness (QED) is 0.244. The summed E-state index contributed by atoms with van der Waals surface area (Å²) in [6.07, 6.45) is -3.09.